The number of aliphatic carboxylic acids is 1. The molecule has 0 bridgehead atoms. The van der Waals surface area contributed by atoms with Crippen molar-refractivity contribution in [3.05, 3.63) is 12.2 Å². The van der Waals surface area contributed by atoms with Gasteiger partial charge >= 0.3 is 5.97 Å². The lowest BCUT2D eigenvalue weighted by Gasteiger charge is -2.19. The van der Waals surface area contributed by atoms with E-state index in [1.807, 2.05) is 0 Å². The van der Waals surface area contributed by atoms with E-state index in [1.54, 1.807) is 0 Å². The summed E-state index contributed by atoms with van der Waals surface area (Å²) in [5.74, 6) is -1.40. The van der Waals surface area contributed by atoms with E-state index in [1.165, 1.54) is 135 Å². The van der Waals surface area contributed by atoms with Gasteiger partial charge in [-0.15, -0.1) is 0 Å². The number of hydrogen-bond acceptors (Lipinski definition) is 2. The van der Waals surface area contributed by atoms with Crippen LogP contribution < -0.4 is 0 Å². The van der Waals surface area contributed by atoms with Gasteiger partial charge < -0.3 is 10.2 Å². The summed E-state index contributed by atoms with van der Waals surface area (Å²) >= 11 is 0. The van der Waals surface area contributed by atoms with Crippen LogP contribution in [0.15, 0.2) is 12.2 Å². The highest BCUT2D eigenvalue weighted by Gasteiger charge is 2.25. The van der Waals surface area contributed by atoms with E-state index in [4.69, 9.17) is 0 Å². The Morgan fingerprint density at radius 1 is 0.514 bits per heavy atom. The van der Waals surface area contributed by atoms with Crippen LogP contribution in [0.25, 0.3) is 0 Å². The van der Waals surface area contributed by atoms with Gasteiger partial charge in [-0.25, -0.2) is 0 Å². The van der Waals surface area contributed by atoms with Crippen LogP contribution in [-0.4, -0.2) is 22.3 Å². The standard InChI is InChI=1S/C34H66O3/c1-3-5-7-9-11-13-15-17-18-19-21-23-25-27-29-31-33(35)32(34(36)37)30-28-26-24-22-20-16-14-12-10-8-6-4-2/h17-18,32-33,35H,3-16,19-31H2,1-2H3,(H,36,37)/b18-17+. The normalized spacial score (nSPS) is 13.4. The van der Waals surface area contributed by atoms with Crippen LogP contribution in [0.2, 0.25) is 0 Å². The van der Waals surface area contributed by atoms with Crippen molar-refractivity contribution in [3.8, 4) is 0 Å². The average molecular weight is 523 g/mol. The maximum Gasteiger partial charge on any atom is 0.309 e. The lowest BCUT2D eigenvalue weighted by molar-refractivity contribution is -0.146. The summed E-state index contributed by atoms with van der Waals surface area (Å²) in [4.78, 5) is 11.7. The van der Waals surface area contributed by atoms with Crippen LogP contribution in [0.4, 0.5) is 0 Å². The Morgan fingerprint density at radius 2 is 0.838 bits per heavy atom. The van der Waals surface area contributed by atoms with Crippen molar-refractivity contribution in [2.24, 2.45) is 5.92 Å². The van der Waals surface area contributed by atoms with Crippen LogP contribution in [0, 0.1) is 5.92 Å². The molecule has 0 amide bonds. The Bertz CT molecular complexity index is 487. The molecule has 0 heterocycles. The van der Waals surface area contributed by atoms with Crippen LogP contribution in [-0.2, 0) is 4.79 Å². The van der Waals surface area contributed by atoms with Crippen molar-refractivity contribution in [2.45, 2.75) is 193 Å². The molecule has 0 aliphatic carbocycles. The maximum atomic E-state index is 11.7. The second kappa shape index (κ2) is 29.7. The monoisotopic (exact) mass is 523 g/mol. The van der Waals surface area contributed by atoms with Crippen LogP contribution in [0.3, 0.4) is 0 Å². The summed E-state index contributed by atoms with van der Waals surface area (Å²) in [5, 5.41) is 20.1. The minimum atomic E-state index is -0.816. The molecule has 2 unspecified atom stereocenters. The zero-order chi connectivity index (χ0) is 27.2. The molecule has 37 heavy (non-hydrogen) atoms. The molecule has 0 rings (SSSR count). The molecule has 0 aliphatic rings. The number of carboxylic acids is 1. The lowest BCUT2D eigenvalue weighted by atomic mass is 9.91. The third-order valence-corrected chi connectivity index (χ3v) is 7.91. The minimum Gasteiger partial charge on any atom is -0.481 e. The van der Waals surface area contributed by atoms with Gasteiger partial charge in [0.2, 0.25) is 0 Å². The quantitative estimate of drug-likeness (QED) is 0.0728. The van der Waals surface area contributed by atoms with Crippen molar-refractivity contribution >= 4 is 5.97 Å². The van der Waals surface area contributed by atoms with Gasteiger partial charge in [0.15, 0.2) is 0 Å². The molecule has 0 aromatic heterocycles. The Balaban J connectivity index is 3.60. The van der Waals surface area contributed by atoms with E-state index < -0.39 is 18.0 Å². The first-order chi connectivity index (χ1) is 18.1. The van der Waals surface area contributed by atoms with Gasteiger partial charge in [0.05, 0.1) is 12.0 Å². The third-order valence-electron chi connectivity index (χ3n) is 7.91. The third kappa shape index (κ3) is 26.6. The summed E-state index contributed by atoms with van der Waals surface area (Å²) in [7, 11) is 0. The van der Waals surface area contributed by atoms with E-state index in [2.05, 4.69) is 26.0 Å². The zero-order valence-electron chi connectivity index (χ0n) is 25.2. The number of rotatable bonds is 30. The molecule has 0 aromatic rings. The zero-order valence-corrected chi connectivity index (χ0v) is 25.2. The summed E-state index contributed by atoms with van der Waals surface area (Å²) in [6.45, 7) is 4.53. The number of aliphatic hydroxyl groups excluding tert-OH is 1. The fourth-order valence-corrected chi connectivity index (χ4v) is 5.31. The number of carbonyl (C=O) groups is 1. The van der Waals surface area contributed by atoms with E-state index in [0.717, 1.165) is 25.7 Å². The molecular weight excluding hydrogens is 456 g/mol. The molecule has 0 spiro atoms. The SMILES string of the molecule is CCCCCCCC/C=C/CCCCCCCC(O)C(CCCCCCCCCCCCCC)C(=O)O. The van der Waals surface area contributed by atoms with Crippen molar-refractivity contribution in [1.29, 1.82) is 0 Å². The number of hydrogen-bond donors (Lipinski definition) is 2. The Kier molecular flexibility index (Phi) is 29.1. The van der Waals surface area contributed by atoms with Crippen molar-refractivity contribution < 1.29 is 15.0 Å². The average Bonchev–Trinajstić information content (AvgIpc) is 2.88. The molecule has 0 aliphatic heterocycles. The number of allylic oxidation sites excluding steroid dienone is 2. The highest BCUT2D eigenvalue weighted by atomic mass is 16.4. The summed E-state index contributed by atoms with van der Waals surface area (Å²) in [6, 6.07) is 0. The molecule has 0 aromatic carbocycles. The Morgan fingerprint density at radius 3 is 1.22 bits per heavy atom. The first kappa shape index (κ1) is 36.2. The van der Waals surface area contributed by atoms with E-state index in [-0.39, 0.29) is 0 Å². The van der Waals surface area contributed by atoms with Crippen LogP contribution in [0.1, 0.15) is 187 Å². The van der Waals surface area contributed by atoms with Crippen molar-refractivity contribution in [1.82, 2.24) is 0 Å². The Labute approximate surface area is 232 Å². The fourth-order valence-electron chi connectivity index (χ4n) is 5.31. The van der Waals surface area contributed by atoms with Crippen molar-refractivity contribution in [2.75, 3.05) is 0 Å². The molecule has 0 fully saturated rings. The molecule has 3 heteroatoms. The fraction of sp³-hybridized carbons (Fsp3) is 0.912. The first-order valence-corrected chi connectivity index (χ1v) is 16.7. The van der Waals surface area contributed by atoms with Crippen molar-refractivity contribution in [3.63, 3.8) is 0 Å². The first-order valence-electron chi connectivity index (χ1n) is 16.7. The van der Waals surface area contributed by atoms with Gasteiger partial charge in [-0.05, 0) is 38.5 Å². The predicted molar refractivity (Wildman–Crippen MR) is 162 cm³/mol. The van der Waals surface area contributed by atoms with Crippen LogP contribution >= 0.6 is 0 Å². The second-order valence-corrected chi connectivity index (χ2v) is 11.6. The highest BCUT2D eigenvalue weighted by molar-refractivity contribution is 5.70. The van der Waals surface area contributed by atoms with E-state index >= 15 is 0 Å². The van der Waals surface area contributed by atoms with Crippen LogP contribution in [0.5, 0.6) is 0 Å². The van der Waals surface area contributed by atoms with Gasteiger partial charge in [-0.3, -0.25) is 4.79 Å². The van der Waals surface area contributed by atoms with E-state index in [9.17, 15) is 15.0 Å². The Hall–Kier alpha value is -0.830. The molecule has 0 saturated heterocycles. The number of aliphatic hydroxyl groups is 1. The molecular formula is C34H66O3. The molecule has 2 atom stereocenters. The predicted octanol–water partition coefficient (Wildman–Crippen LogP) is 11.2. The minimum absolute atomic E-state index is 0.583. The second-order valence-electron chi connectivity index (χ2n) is 11.6. The molecule has 0 radical (unpaired) electrons. The summed E-state index contributed by atoms with van der Waals surface area (Å²) in [6.07, 6.45) is 37.0. The largest absolute Gasteiger partial charge is 0.481 e. The lowest BCUT2D eigenvalue weighted by Crippen LogP contribution is -2.28. The van der Waals surface area contributed by atoms with Gasteiger partial charge in [0.25, 0.3) is 0 Å². The molecule has 3 nitrogen and oxygen atoms in total. The van der Waals surface area contributed by atoms with Gasteiger partial charge in [-0.1, -0.05) is 161 Å². The number of unbranched alkanes of at least 4 members (excludes halogenated alkanes) is 22. The van der Waals surface area contributed by atoms with Gasteiger partial charge in [-0.2, -0.15) is 0 Å². The topological polar surface area (TPSA) is 57.5 Å². The summed E-state index contributed by atoms with van der Waals surface area (Å²) < 4.78 is 0. The van der Waals surface area contributed by atoms with Gasteiger partial charge in [0, 0.05) is 0 Å². The molecule has 2 N–H and O–H groups in total. The molecule has 0 saturated carbocycles. The highest BCUT2D eigenvalue weighted by Crippen LogP contribution is 2.21. The maximum absolute atomic E-state index is 11.7. The molecule has 220 valence electrons. The number of carboxylic acid groups (broad SMARTS) is 1. The van der Waals surface area contributed by atoms with E-state index in [0.29, 0.717) is 12.8 Å². The summed E-state index contributed by atoms with van der Waals surface area (Å²) in [5.41, 5.74) is 0. The van der Waals surface area contributed by atoms with Gasteiger partial charge in [0.1, 0.15) is 0 Å². The smallest absolute Gasteiger partial charge is 0.309 e.